The van der Waals surface area contributed by atoms with Crippen molar-refractivity contribution in [3.8, 4) is 0 Å². The van der Waals surface area contributed by atoms with Crippen LogP contribution in [0.4, 0.5) is 11.4 Å². The summed E-state index contributed by atoms with van der Waals surface area (Å²) < 4.78 is 2.32. The highest BCUT2D eigenvalue weighted by molar-refractivity contribution is 6.07. The first-order valence-corrected chi connectivity index (χ1v) is 9.37. The number of hydrogen-bond donors (Lipinski definition) is 1. The quantitative estimate of drug-likeness (QED) is 0.447. The van der Waals surface area contributed by atoms with Crippen molar-refractivity contribution in [3.63, 3.8) is 0 Å². The largest absolute Gasteiger partial charge is 0.362 e. The van der Waals surface area contributed by atoms with Gasteiger partial charge >= 0.3 is 0 Å². The lowest BCUT2D eigenvalue weighted by atomic mass is 9.79. The lowest BCUT2D eigenvalue weighted by Gasteiger charge is -2.17. The number of fused-ring (bicyclic) bond motifs is 3. The molecule has 0 saturated heterocycles. The summed E-state index contributed by atoms with van der Waals surface area (Å²) in [5.74, 6) is 0. The standard InChI is InChI=1S/C25H24N2/c1-25(2)23(15-9-10-18-26-20-12-5-4-6-13-20)27(3)22-17-16-19-11-7-8-14-21(19)24(22)25/h4-18H,1-3H3/p+1. The van der Waals surface area contributed by atoms with Crippen LogP contribution in [-0.2, 0) is 5.41 Å². The molecule has 4 rings (SSSR count). The number of anilines is 1. The van der Waals surface area contributed by atoms with E-state index in [1.807, 2.05) is 30.5 Å². The van der Waals surface area contributed by atoms with Crippen LogP contribution in [0.3, 0.4) is 0 Å². The van der Waals surface area contributed by atoms with Gasteiger partial charge in [0.1, 0.15) is 7.05 Å². The van der Waals surface area contributed by atoms with Gasteiger partial charge in [-0.25, -0.2) is 0 Å². The van der Waals surface area contributed by atoms with Gasteiger partial charge in [0.2, 0.25) is 5.69 Å². The maximum absolute atomic E-state index is 3.29. The first-order valence-electron chi connectivity index (χ1n) is 9.37. The van der Waals surface area contributed by atoms with Crippen LogP contribution in [0.2, 0.25) is 0 Å². The van der Waals surface area contributed by atoms with Gasteiger partial charge in [0, 0.05) is 29.6 Å². The van der Waals surface area contributed by atoms with E-state index < -0.39 is 0 Å². The van der Waals surface area contributed by atoms with Crippen LogP contribution in [0.1, 0.15) is 19.4 Å². The Labute approximate surface area is 161 Å². The summed E-state index contributed by atoms with van der Waals surface area (Å²) in [4.78, 5) is 0. The van der Waals surface area contributed by atoms with Gasteiger partial charge < -0.3 is 5.32 Å². The molecule has 0 aliphatic carbocycles. The van der Waals surface area contributed by atoms with Crippen LogP contribution >= 0.6 is 0 Å². The monoisotopic (exact) mass is 353 g/mol. The molecule has 0 saturated carbocycles. The predicted molar refractivity (Wildman–Crippen MR) is 116 cm³/mol. The minimum Gasteiger partial charge on any atom is -0.362 e. The molecule has 1 heterocycles. The lowest BCUT2D eigenvalue weighted by Crippen LogP contribution is -2.26. The topological polar surface area (TPSA) is 15.0 Å². The molecule has 0 atom stereocenters. The normalized spacial score (nSPS) is 15.8. The smallest absolute Gasteiger partial charge is 0.210 e. The maximum atomic E-state index is 3.29. The number of benzene rings is 3. The van der Waals surface area contributed by atoms with Crippen LogP contribution in [0, 0.1) is 0 Å². The van der Waals surface area contributed by atoms with E-state index in [0.717, 1.165) is 5.69 Å². The third-order valence-electron chi connectivity index (χ3n) is 5.38. The summed E-state index contributed by atoms with van der Waals surface area (Å²) in [6, 6.07) is 23.3. The third kappa shape index (κ3) is 3.08. The van der Waals surface area contributed by atoms with Gasteiger partial charge in [-0.2, -0.15) is 4.58 Å². The molecule has 1 aliphatic rings. The van der Waals surface area contributed by atoms with Gasteiger partial charge in [-0.1, -0.05) is 48.5 Å². The van der Waals surface area contributed by atoms with E-state index in [9.17, 15) is 0 Å². The predicted octanol–water partition coefficient (Wildman–Crippen LogP) is 6.03. The molecule has 0 amide bonds. The second-order valence-corrected chi connectivity index (χ2v) is 7.48. The van der Waals surface area contributed by atoms with Crippen LogP contribution in [0.15, 0.2) is 91.2 Å². The van der Waals surface area contributed by atoms with E-state index >= 15 is 0 Å². The second kappa shape index (κ2) is 6.88. The first-order chi connectivity index (χ1) is 13.1. The molecule has 0 aromatic heterocycles. The molecule has 3 aromatic rings. The second-order valence-electron chi connectivity index (χ2n) is 7.48. The number of hydrogen-bond acceptors (Lipinski definition) is 1. The number of allylic oxidation sites excluding steroid dienone is 3. The molecule has 1 N–H and O–H groups in total. The highest BCUT2D eigenvalue weighted by Crippen LogP contribution is 2.43. The number of para-hydroxylation sites is 1. The van der Waals surface area contributed by atoms with E-state index in [1.54, 1.807) is 0 Å². The fourth-order valence-electron chi connectivity index (χ4n) is 4.07. The molecule has 134 valence electrons. The molecule has 2 nitrogen and oxygen atoms in total. The molecule has 0 unspecified atom stereocenters. The Morgan fingerprint density at radius 3 is 2.41 bits per heavy atom. The van der Waals surface area contributed by atoms with Gasteiger partial charge in [0.05, 0.1) is 5.41 Å². The van der Waals surface area contributed by atoms with Crippen LogP contribution < -0.4 is 5.32 Å². The van der Waals surface area contributed by atoms with Crippen molar-refractivity contribution in [1.29, 1.82) is 0 Å². The zero-order chi connectivity index (χ0) is 18.9. The summed E-state index contributed by atoms with van der Waals surface area (Å²) in [6.07, 6.45) is 8.34. The molecule has 2 heteroatoms. The third-order valence-corrected chi connectivity index (χ3v) is 5.38. The van der Waals surface area contributed by atoms with Crippen molar-refractivity contribution in [2.45, 2.75) is 19.3 Å². The molecule has 0 bridgehead atoms. The van der Waals surface area contributed by atoms with E-state index in [0.29, 0.717) is 0 Å². The van der Waals surface area contributed by atoms with E-state index in [2.05, 4.69) is 91.5 Å². The summed E-state index contributed by atoms with van der Waals surface area (Å²) in [5, 5.41) is 5.93. The Morgan fingerprint density at radius 1 is 0.852 bits per heavy atom. The molecule has 3 aromatic carbocycles. The van der Waals surface area contributed by atoms with Crippen molar-refractivity contribution in [1.82, 2.24) is 0 Å². The number of nitrogens with zero attached hydrogens (tertiary/aromatic N) is 1. The zero-order valence-electron chi connectivity index (χ0n) is 16.1. The SMILES string of the molecule is C[N+]1=C(/C=C/C=C/Nc2ccccc2)C(C)(C)c2c1ccc1ccccc21. The van der Waals surface area contributed by atoms with E-state index in [4.69, 9.17) is 0 Å². The van der Waals surface area contributed by atoms with Crippen molar-refractivity contribution >= 4 is 27.9 Å². The molecular weight excluding hydrogens is 328 g/mol. The van der Waals surface area contributed by atoms with Crippen LogP contribution in [-0.4, -0.2) is 17.3 Å². The van der Waals surface area contributed by atoms with Crippen LogP contribution in [0.5, 0.6) is 0 Å². The average molecular weight is 353 g/mol. The highest BCUT2D eigenvalue weighted by Gasteiger charge is 2.43. The van der Waals surface area contributed by atoms with E-state index in [-0.39, 0.29) is 5.41 Å². The Morgan fingerprint density at radius 2 is 1.59 bits per heavy atom. The van der Waals surface area contributed by atoms with Crippen molar-refractivity contribution in [2.24, 2.45) is 0 Å². The van der Waals surface area contributed by atoms with Crippen molar-refractivity contribution in [2.75, 3.05) is 12.4 Å². The Bertz CT molecular complexity index is 1070. The zero-order valence-corrected chi connectivity index (χ0v) is 16.1. The molecular formula is C25H25N2+. The lowest BCUT2D eigenvalue weighted by molar-refractivity contribution is -0.401. The Kier molecular flexibility index (Phi) is 4.41. The van der Waals surface area contributed by atoms with E-state index in [1.165, 1.54) is 27.7 Å². The molecule has 0 radical (unpaired) electrons. The fraction of sp³-hybridized carbons (Fsp3) is 0.160. The maximum Gasteiger partial charge on any atom is 0.210 e. The van der Waals surface area contributed by atoms with Gasteiger partial charge in [-0.05, 0) is 48.9 Å². The molecule has 27 heavy (non-hydrogen) atoms. The Hall–Kier alpha value is -3.13. The van der Waals surface area contributed by atoms with Crippen molar-refractivity contribution < 1.29 is 4.58 Å². The van der Waals surface area contributed by atoms with Crippen LogP contribution in [0.25, 0.3) is 10.8 Å². The summed E-state index contributed by atoms with van der Waals surface area (Å²) in [5.41, 5.74) is 5.06. The Balaban J connectivity index is 1.61. The highest BCUT2D eigenvalue weighted by atomic mass is 15.0. The molecule has 0 fully saturated rings. The van der Waals surface area contributed by atoms with Gasteiger partial charge in [0.25, 0.3) is 0 Å². The summed E-state index contributed by atoms with van der Waals surface area (Å²) in [6.45, 7) is 4.63. The fourth-order valence-corrected chi connectivity index (χ4v) is 4.07. The summed E-state index contributed by atoms with van der Waals surface area (Å²) in [7, 11) is 2.16. The summed E-state index contributed by atoms with van der Waals surface area (Å²) >= 11 is 0. The first kappa shape index (κ1) is 17.3. The van der Waals surface area contributed by atoms with Gasteiger partial charge in [-0.3, -0.25) is 0 Å². The van der Waals surface area contributed by atoms with Gasteiger partial charge in [-0.15, -0.1) is 0 Å². The average Bonchev–Trinajstić information content (AvgIpc) is 2.89. The minimum absolute atomic E-state index is 0.0395. The van der Waals surface area contributed by atoms with Crippen molar-refractivity contribution in [3.05, 3.63) is 96.7 Å². The number of nitrogens with one attached hydrogen (secondary N) is 1. The minimum atomic E-state index is -0.0395. The molecule has 1 aliphatic heterocycles. The van der Waals surface area contributed by atoms with Gasteiger partial charge in [0.15, 0.2) is 5.71 Å². The number of rotatable bonds is 4. The molecule has 0 spiro atoms.